The summed E-state index contributed by atoms with van der Waals surface area (Å²) in [5.74, 6) is -0.820. The molecular formula is C15H18N2O4. The molecule has 0 radical (unpaired) electrons. The highest BCUT2D eigenvalue weighted by molar-refractivity contribution is 5.74. The molecule has 0 aliphatic carbocycles. The zero-order chi connectivity index (χ0) is 14.7. The number of piperidine rings is 1. The fourth-order valence-corrected chi connectivity index (χ4v) is 2.52. The molecule has 1 saturated heterocycles. The van der Waals surface area contributed by atoms with Crippen LogP contribution in [-0.2, 0) is 9.53 Å². The Kier molecular flexibility index (Phi) is 4.06. The van der Waals surface area contributed by atoms with E-state index in [1.165, 1.54) is 0 Å². The first-order chi connectivity index (χ1) is 10.2. The number of carbonyl (C=O) groups is 1. The van der Waals surface area contributed by atoms with E-state index in [0.29, 0.717) is 6.01 Å². The molecule has 112 valence electrons. The third kappa shape index (κ3) is 3.33. The van der Waals surface area contributed by atoms with Crippen LogP contribution in [0.15, 0.2) is 28.7 Å². The third-order valence-corrected chi connectivity index (χ3v) is 3.66. The molecule has 1 aromatic heterocycles. The molecule has 21 heavy (non-hydrogen) atoms. The summed E-state index contributed by atoms with van der Waals surface area (Å²) in [5, 5.41) is 8.59. The van der Waals surface area contributed by atoms with Gasteiger partial charge in [0, 0.05) is 13.1 Å². The van der Waals surface area contributed by atoms with Crippen molar-refractivity contribution in [1.29, 1.82) is 0 Å². The number of anilines is 1. The number of fused-ring (bicyclic) bond motifs is 1. The summed E-state index contributed by atoms with van der Waals surface area (Å²) < 4.78 is 11.3. The predicted octanol–water partition coefficient (Wildman–Crippen LogP) is 2.29. The highest BCUT2D eigenvalue weighted by Gasteiger charge is 2.23. The van der Waals surface area contributed by atoms with Gasteiger partial charge in [-0.15, -0.1) is 0 Å². The number of ether oxygens (including phenoxy) is 1. The van der Waals surface area contributed by atoms with Crippen LogP contribution in [0, 0.1) is 0 Å². The van der Waals surface area contributed by atoms with Crippen molar-refractivity contribution < 1.29 is 19.1 Å². The Balaban J connectivity index is 1.54. The minimum absolute atomic E-state index is 0.0609. The lowest BCUT2D eigenvalue weighted by Crippen LogP contribution is -2.37. The van der Waals surface area contributed by atoms with Gasteiger partial charge in [-0.2, -0.15) is 4.98 Å². The number of hydrogen-bond acceptors (Lipinski definition) is 5. The lowest BCUT2D eigenvalue weighted by Gasteiger charge is -2.30. The van der Waals surface area contributed by atoms with Crippen LogP contribution in [0.2, 0.25) is 0 Å². The van der Waals surface area contributed by atoms with Crippen LogP contribution in [0.4, 0.5) is 6.01 Å². The van der Waals surface area contributed by atoms with Gasteiger partial charge in [-0.05, 0) is 25.0 Å². The molecule has 0 bridgehead atoms. The molecule has 1 aromatic carbocycles. The highest BCUT2D eigenvalue weighted by Crippen LogP contribution is 2.25. The van der Waals surface area contributed by atoms with E-state index < -0.39 is 5.97 Å². The van der Waals surface area contributed by atoms with Gasteiger partial charge in [0.05, 0.1) is 19.1 Å². The Bertz CT molecular complexity index is 584. The monoisotopic (exact) mass is 290 g/mol. The van der Waals surface area contributed by atoms with Crippen LogP contribution in [0.1, 0.15) is 19.3 Å². The second-order valence-corrected chi connectivity index (χ2v) is 5.17. The largest absolute Gasteiger partial charge is 0.481 e. The quantitative estimate of drug-likeness (QED) is 0.910. The van der Waals surface area contributed by atoms with Crippen molar-refractivity contribution in [3.63, 3.8) is 0 Å². The number of aliphatic carboxylic acids is 1. The molecule has 1 aliphatic heterocycles. The van der Waals surface area contributed by atoms with Gasteiger partial charge in [0.25, 0.3) is 6.01 Å². The second kappa shape index (κ2) is 6.13. The Labute approximate surface area is 122 Å². The molecule has 0 spiro atoms. The third-order valence-electron chi connectivity index (χ3n) is 3.66. The summed E-state index contributed by atoms with van der Waals surface area (Å²) >= 11 is 0. The number of benzene rings is 1. The second-order valence-electron chi connectivity index (χ2n) is 5.17. The maximum atomic E-state index is 10.5. The summed E-state index contributed by atoms with van der Waals surface area (Å²) in [4.78, 5) is 17.1. The van der Waals surface area contributed by atoms with E-state index in [2.05, 4.69) is 9.88 Å². The topological polar surface area (TPSA) is 75.8 Å². The van der Waals surface area contributed by atoms with E-state index in [1.54, 1.807) is 0 Å². The molecule has 1 N–H and O–H groups in total. The molecule has 1 aliphatic rings. The number of rotatable bonds is 5. The van der Waals surface area contributed by atoms with Crippen molar-refractivity contribution in [2.24, 2.45) is 0 Å². The van der Waals surface area contributed by atoms with Crippen molar-refractivity contribution >= 4 is 23.1 Å². The maximum absolute atomic E-state index is 10.5. The Morgan fingerprint density at radius 1 is 1.38 bits per heavy atom. The van der Waals surface area contributed by atoms with Crippen LogP contribution < -0.4 is 4.90 Å². The SMILES string of the molecule is O=C(O)CCOC1CCN(c2nc3ccccc3o2)CC1. The average molecular weight is 290 g/mol. The van der Waals surface area contributed by atoms with Crippen molar-refractivity contribution in [3.05, 3.63) is 24.3 Å². The van der Waals surface area contributed by atoms with Gasteiger partial charge >= 0.3 is 5.97 Å². The molecule has 2 heterocycles. The van der Waals surface area contributed by atoms with Gasteiger partial charge in [-0.3, -0.25) is 4.79 Å². The molecular weight excluding hydrogens is 272 g/mol. The number of nitrogens with zero attached hydrogens (tertiary/aromatic N) is 2. The summed E-state index contributed by atoms with van der Waals surface area (Å²) in [6.45, 7) is 1.90. The number of oxazole rings is 1. The first-order valence-corrected chi connectivity index (χ1v) is 7.16. The molecule has 0 unspecified atom stereocenters. The average Bonchev–Trinajstić information content (AvgIpc) is 2.91. The summed E-state index contributed by atoms with van der Waals surface area (Å²) in [6.07, 6.45) is 1.91. The standard InChI is InChI=1S/C15H18N2O4/c18-14(19)7-10-20-11-5-8-17(9-6-11)15-16-12-3-1-2-4-13(12)21-15/h1-4,11H,5-10H2,(H,18,19). The molecule has 3 rings (SSSR count). The van der Waals surface area contributed by atoms with Gasteiger partial charge in [-0.1, -0.05) is 12.1 Å². The first-order valence-electron chi connectivity index (χ1n) is 7.16. The minimum atomic E-state index is -0.820. The fourth-order valence-electron chi connectivity index (χ4n) is 2.52. The number of carboxylic acid groups (broad SMARTS) is 1. The molecule has 6 nitrogen and oxygen atoms in total. The number of hydrogen-bond donors (Lipinski definition) is 1. The summed E-state index contributed by atoms with van der Waals surface area (Å²) in [7, 11) is 0. The van der Waals surface area contributed by atoms with E-state index in [-0.39, 0.29) is 19.1 Å². The zero-order valence-corrected chi connectivity index (χ0v) is 11.7. The van der Waals surface area contributed by atoms with Crippen molar-refractivity contribution in [1.82, 2.24) is 4.98 Å². The molecule has 1 fully saturated rings. The van der Waals surface area contributed by atoms with Gasteiger partial charge < -0.3 is 19.2 Å². The molecule has 2 aromatic rings. The number of aromatic nitrogens is 1. The van der Waals surface area contributed by atoms with Crippen molar-refractivity contribution in [2.45, 2.75) is 25.4 Å². The van der Waals surface area contributed by atoms with Crippen LogP contribution >= 0.6 is 0 Å². The van der Waals surface area contributed by atoms with Crippen LogP contribution in [0.3, 0.4) is 0 Å². The summed E-state index contributed by atoms with van der Waals surface area (Å²) in [6, 6.07) is 8.37. The van der Waals surface area contributed by atoms with Gasteiger partial charge in [-0.25, -0.2) is 0 Å². The molecule has 0 amide bonds. The van der Waals surface area contributed by atoms with Gasteiger partial charge in [0.2, 0.25) is 0 Å². The van der Waals surface area contributed by atoms with Crippen molar-refractivity contribution in [2.75, 3.05) is 24.6 Å². The zero-order valence-electron chi connectivity index (χ0n) is 11.7. The minimum Gasteiger partial charge on any atom is -0.481 e. The number of para-hydroxylation sites is 2. The van der Waals surface area contributed by atoms with E-state index in [0.717, 1.165) is 37.0 Å². The molecule has 6 heteroatoms. The normalized spacial score (nSPS) is 16.5. The fraction of sp³-hybridized carbons (Fsp3) is 0.467. The van der Waals surface area contributed by atoms with E-state index in [1.807, 2.05) is 24.3 Å². The van der Waals surface area contributed by atoms with Gasteiger partial charge in [0.1, 0.15) is 5.52 Å². The van der Waals surface area contributed by atoms with Crippen LogP contribution in [0.25, 0.3) is 11.1 Å². The van der Waals surface area contributed by atoms with Gasteiger partial charge in [0.15, 0.2) is 5.58 Å². The lowest BCUT2D eigenvalue weighted by atomic mass is 10.1. The predicted molar refractivity (Wildman–Crippen MR) is 77.4 cm³/mol. The van der Waals surface area contributed by atoms with Crippen LogP contribution in [0.5, 0.6) is 0 Å². The summed E-state index contributed by atoms with van der Waals surface area (Å²) in [5.41, 5.74) is 1.67. The highest BCUT2D eigenvalue weighted by atomic mass is 16.5. The Hall–Kier alpha value is -2.08. The molecule has 0 saturated carbocycles. The maximum Gasteiger partial charge on any atom is 0.305 e. The van der Waals surface area contributed by atoms with Crippen molar-refractivity contribution in [3.8, 4) is 0 Å². The van der Waals surface area contributed by atoms with E-state index in [9.17, 15) is 4.79 Å². The Morgan fingerprint density at radius 2 is 2.14 bits per heavy atom. The van der Waals surface area contributed by atoms with Crippen LogP contribution in [-0.4, -0.2) is 41.9 Å². The lowest BCUT2D eigenvalue weighted by molar-refractivity contribution is -0.138. The van der Waals surface area contributed by atoms with E-state index >= 15 is 0 Å². The molecule has 0 atom stereocenters. The Morgan fingerprint density at radius 3 is 2.86 bits per heavy atom. The van der Waals surface area contributed by atoms with E-state index in [4.69, 9.17) is 14.3 Å². The smallest absolute Gasteiger partial charge is 0.305 e. The first kappa shape index (κ1) is 13.9. The number of carboxylic acids is 1.